The van der Waals surface area contributed by atoms with E-state index in [0.717, 1.165) is 27.8 Å². The molecule has 2 N–H and O–H groups in total. The molecule has 256 valence electrons. The second kappa shape index (κ2) is 13.9. The molecule has 0 aliphatic carbocycles. The minimum Gasteiger partial charge on any atom is -0.507 e. The number of aryl methyl sites for hydroxylation is 2. The van der Waals surface area contributed by atoms with Crippen LogP contribution in [0.4, 0.5) is 8.78 Å². The fourth-order valence-electron chi connectivity index (χ4n) is 5.82. The average Bonchev–Trinajstić information content (AvgIpc) is 3.03. The Morgan fingerprint density at radius 2 is 1.02 bits per heavy atom. The molecule has 0 spiro atoms. The van der Waals surface area contributed by atoms with E-state index in [1.54, 1.807) is 30.3 Å². The molecule has 49 heavy (non-hydrogen) atoms. The van der Waals surface area contributed by atoms with Crippen LogP contribution in [0.25, 0.3) is 33.4 Å². The van der Waals surface area contributed by atoms with Crippen molar-refractivity contribution in [2.45, 2.75) is 72.6 Å². The van der Waals surface area contributed by atoms with Gasteiger partial charge in [-0.15, -0.1) is 0 Å². The summed E-state index contributed by atoms with van der Waals surface area (Å²) in [6.45, 7) is 17.4. The first-order valence-corrected chi connectivity index (χ1v) is 16.7. The molecule has 0 aliphatic rings. The Hall–Kier alpha value is -4.84. The van der Waals surface area contributed by atoms with Crippen LogP contribution in [0.5, 0.6) is 23.0 Å². The van der Waals surface area contributed by atoms with E-state index in [4.69, 9.17) is 9.47 Å². The molecule has 6 heteroatoms. The summed E-state index contributed by atoms with van der Waals surface area (Å²) in [7, 11) is 0. The fraction of sp³-hybridized carbons (Fsp3) is 0.302. The highest BCUT2D eigenvalue weighted by Gasteiger charge is 2.23. The van der Waals surface area contributed by atoms with Crippen LogP contribution >= 0.6 is 0 Å². The molecule has 0 fully saturated rings. The zero-order valence-corrected chi connectivity index (χ0v) is 29.7. The Morgan fingerprint density at radius 3 is 1.55 bits per heavy atom. The van der Waals surface area contributed by atoms with Crippen molar-refractivity contribution in [1.29, 1.82) is 0 Å². The van der Waals surface area contributed by atoms with Crippen LogP contribution in [0.2, 0.25) is 0 Å². The lowest BCUT2D eigenvalue weighted by Gasteiger charge is -2.26. The van der Waals surface area contributed by atoms with Crippen molar-refractivity contribution in [3.8, 4) is 56.4 Å². The van der Waals surface area contributed by atoms with Gasteiger partial charge in [0.1, 0.15) is 34.6 Å². The molecule has 0 unspecified atom stereocenters. The number of phenols is 2. The maximum absolute atomic E-state index is 14.7. The smallest absolute Gasteiger partial charge is 0.131 e. The molecule has 0 aromatic heterocycles. The van der Waals surface area contributed by atoms with Gasteiger partial charge in [-0.25, -0.2) is 8.78 Å². The van der Waals surface area contributed by atoms with Crippen molar-refractivity contribution in [3.63, 3.8) is 0 Å². The molecule has 0 radical (unpaired) electrons. The van der Waals surface area contributed by atoms with Crippen molar-refractivity contribution >= 4 is 0 Å². The lowest BCUT2D eigenvalue weighted by molar-refractivity contribution is 0.248. The van der Waals surface area contributed by atoms with Gasteiger partial charge in [-0.1, -0.05) is 71.4 Å². The molecular weight excluding hydrogens is 618 g/mol. The number of phenolic OH excluding ortho intramolecular Hbond substituents is 2. The van der Waals surface area contributed by atoms with E-state index in [-0.39, 0.29) is 35.5 Å². The van der Waals surface area contributed by atoms with Crippen molar-refractivity contribution in [3.05, 3.63) is 119 Å². The average molecular weight is 665 g/mol. The Kier molecular flexibility index (Phi) is 10.1. The SMILES string of the molecule is Cc1ccc(O)c(-c2cc(F)ccc2OCCCOc2ccc(F)cc2-c2cc(C)cc(-c3cc(C(C)(C)C)cc(C(C)(C)C)c3)c2O)c1. The minimum absolute atomic E-state index is 0.0346. The lowest BCUT2D eigenvalue weighted by atomic mass is 9.78. The predicted molar refractivity (Wildman–Crippen MR) is 195 cm³/mol. The van der Waals surface area contributed by atoms with Crippen molar-refractivity contribution in [2.75, 3.05) is 13.2 Å². The van der Waals surface area contributed by atoms with Crippen molar-refractivity contribution in [1.82, 2.24) is 0 Å². The van der Waals surface area contributed by atoms with Gasteiger partial charge in [0.15, 0.2) is 0 Å². The largest absolute Gasteiger partial charge is 0.507 e. The molecule has 5 aromatic rings. The van der Waals surface area contributed by atoms with Crippen LogP contribution in [0.1, 0.15) is 70.2 Å². The van der Waals surface area contributed by atoms with E-state index < -0.39 is 11.6 Å². The summed E-state index contributed by atoms with van der Waals surface area (Å²) in [6.07, 6.45) is 0.466. The fourth-order valence-corrected chi connectivity index (χ4v) is 5.82. The van der Waals surface area contributed by atoms with Crippen molar-refractivity contribution in [2.24, 2.45) is 0 Å². The highest BCUT2D eigenvalue weighted by Crippen LogP contribution is 2.45. The summed E-state index contributed by atoms with van der Waals surface area (Å²) in [4.78, 5) is 0. The number of halogens is 2. The molecule has 0 saturated heterocycles. The van der Waals surface area contributed by atoms with Crippen molar-refractivity contribution < 1.29 is 28.5 Å². The first kappa shape index (κ1) is 35.5. The third kappa shape index (κ3) is 8.25. The summed E-state index contributed by atoms with van der Waals surface area (Å²) in [5.41, 5.74) is 7.39. The third-order valence-corrected chi connectivity index (χ3v) is 8.65. The normalized spacial score (nSPS) is 11.9. The number of hydrogen-bond acceptors (Lipinski definition) is 4. The summed E-state index contributed by atoms with van der Waals surface area (Å²) in [5.74, 6) is 0.0768. The monoisotopic (exact) mass is 664 g/mol. The van der Waals surface area contributed by atoms with Crippen LogP contribution in [-0.4, -0.2) is 23.4 Å². The Bertz CT molecular complexity index is 1950. The van der Waals surface area contributed by atoms with Crippen LogP contribution in [-0.2, 0) is 10.8 Å². The molecular formula is C43H46F2O4. The summed E-state index contributed by atoms with van der Waals surface area (Å²) >= 11 is 0. The summed E-state index contributed by atoms with van der Waals surface area (Å²) < 4.78 is 41.1. The second-order valence-electron chi connectivity index (χ2n) is 14.9. The number of hydrogen-bond donors (Lipinski definition) is 2. The van der Waals surface area contributed by atoms with E-state index >= 15 is 0 Å². The molecule has 0 atom stereocenters. The highest BCUT2D eigenvalue weighted by atomic mass is 19.1. The molecule has 0 bridgehead atoms. The second-order valence-corrected chi connectivity index (χ2v) is 14.9. The van der Waals surface area contributed by atoms with Gasteiger partial charge in [0.05, 0.1) is 13.2 Å². The van der Waals surface area contributed by atoms with Crippen LogP contribution in [0.15, 0.2) is 84.9 Å². The molecule has 0 heterocycles. The topological polar surface area (TPSA) is 58.9 Å². The zero-order valence-electron chi connectivity index (χ0n) is 29.7. The van der Waals surface area contributed by atoms with Gasteiger partial charge in [-0.05, 0) is 108 Å². The van der Waals surface area contributed by atoms with E-state index in [0.29, 0.717) is 45.7 Å². The zero-order chi connectivity index (χ0) is 35.7. The maximum Gasteiger partial charge on any atom is 0.131 e. The first-order valence-electron chi connectivity index (χ1n) is 16.7. The van der Waals surface area contributed by atoms with Gasteiger partial charge in [-0.3, -0.25) is 0 Å². The Morgan fingerprint density at radius 1 is 0.531 bits per heavy atom. The molecule has 0 aliphatic heterocycles. The quantitative estimate of drug-likeness (QED) is 0.154. The highest BCUT2D eigenvalue weighted by molar-refractivity contribution is 5.85. The van der Waals surface area contributed by atoms with E-state index in [2.05, 4.69) is 59.7 Å². The van der Waals surface area contributed by atoms with E-state index in [1.807, 2.05) is 26.0 Å². The predicted octanol–water partition coefficient (Wildman–Crippen LogP) is 11.4. The minimum atomic E-state index is -0.443. The maximum atomic E-state index is 14.7. The van der Waals surface area contributed by atoms with Gasteiger partial charge in [0, 0.05) is 34.2 Å². The molecule has 4 nitrogen and oxygen atoms in total. The molecule has 5 rings (SSSR count). The van der Waals surface area contributed by atoms with Gasteiger partial charge in [0.2, 0.25) is 0 Å². The van der Waals surface area contributed by atoms with Gasteiger partial charge in [0.25, 0.3) is 0 Å². The molecule has 5 aromatic carbocycles. The molecule has 0 saturated carbocycles. The van der Waals surface area contributed by atoms with Crippen LogP contribution < -0.4 is 9.47 Å². The van der Waals surface area contributed by atoms with Gasteiger partial charge < -0.3 is 19.7 Å². The number of ether oxygens (including phenoxy) is 2. The number of aromatic hydroxyl groups is 2. The Balaban J connectivity index is 1.40. The lowest BCUT2D eigenvalue weighted by Crippen LogP contribution is -2.16. The molecule has 0 amide bonds. The first-order chi connectivity index (χ1) is 23.0. The summed E-state index contributed by atoms with van der Waals surface area (Å²) in [5, 5.41) is 22.2. The van der Waals surface area contributed by atoms with Crippen LogP contribution in [0.3, 0.4) is 0 Å². The number of rotatable bonds is 9. The van der Waals surface area contributed by atoms with E-state index in [1.165, 1.54) is 24.3 Å². The third-order valence-electron chi connectivity index (χ3n) is 8.65. The van der Waals surface area contributed by atoms with Crippen LogP contribution in [0, 0.1) is 25.5 Å². The summed E-state index contributed by atoms with van der Waals surface area (Å²) in [6, 6.07) is 24.0. The van der Waals surface area contributed by atoms with Gasteiger partial charge >= 0.3 is 0 Å². The number of benzene rings is 5. The standard InChI is InChI=1S/C43H46F2O4/c1-26-10-13-38(46)34(18-26)35-24-31(44)11-14-39(35)48-16-9-17-49-40-15-12-32(45)25-36(40)37-20-27(2)19-33(41(37)47)28-21-29(42(3,4)5)23-30(22-28)43(6,7)8/h10-15,18-25,46-47H,9,16-17H2,1-8H3. The van der Waals surface area contributed by atoms with Gasteiger partial charge in [-0.2, -0.15) is 0 Å². The Labute approximate surface area is 289 Å². The van der Waals surface area contributed by atoms with E-state index in [9.17, 15) is 19.0 Å².